The highest BCUT2D eigenvalue weighted by Crippen LogP contribution is 2.08. The van der Waals surface area contributed by atoms with Crippen molar-refractivity contribution in [2.75, 3.05) is 13.2 Å². The van der Waals surface area contributed by atoms with Crippen LogP contribution < -0.4 is 5.32 Å². The molecule has 0 fully saturated rings. The number of unbranched alkanes of at least 4 members (excludes halogenated alkanes) is 2. The van der Waals surface area contributed by atoms with Gasteiger partial charge in [0.1, 0.15) is 5.82 Å². The number of benzene rings is 1. The molecule has 0 aliphatic rings. The van der Waals surface area contributed by atoms with Gasteiger partial charge in [-0.3, -0.25) is 0 Å². The van der Waals surface area contributed by atoms with Gasteiger partial charge in [0, 0.05) is 13.2 Å². The van der Waals surface area contributed by atoms with Gasteiger partial charge in [-0.2, -0.15) is 5.26 Å². The van der Waals surface area contributed by atoms with E-state index in [0.29, 0.717) is 12.1 Å². The Morgan fingerprint density at radius 1 is 1.24 bits per heavy atom. The Morgan fingerprint density at radius 2 is 2.06 bits per heavy atom. The Kier molecular flexibility index (Phi) is 6.23. The lowest BCUT2D eigenvalue weighted by Gasteiger charge is -2.05. The SMILES string of the molecule is N#Cc1cc(F)cc(CNCCCCCO)c1. The van der Waals surface area contributed by atoms with Crippen LogP contribution in [0.5, 0.6) is 0 Å². The van der Waals surface area contributed by atoms with Crippen molar-refractivity contribution < 1.29 is 9.50 Å². The molecule has 0 unspecified atom stereocenters. The molecule has 0 spiro atoms. The maximum atomic E-state index is 13.1. The van der Waals surface area contributed by atoms with E-state index in [1.807, 2.05) is 6.07 Å². The molecule has 0 amide bonds. The first-order chi connectivity index (χ1) is 8.26. The highest BCUT2D eigenvalue weighted by Gasteiger charge is 2.00. The van der Waals surface area contributed by atoms with E-state index in [4.69, 9.17) is 10.4 Å². The minimum absolute atomic E-state index is 0.232. The molecule has 1 aromatic carbocycles. The molecular formula is C13H17FN2O. The van der Waals surface area contributed by atoms with Crippen molar-refractivity contribution >= 4 is 0 Å². The van der Waals surface area contributed by atoms with Crippen LogP contribution in [0.2, 0.25) is 0 Å². The van der Waals surface area contributed by atoms with E-state index in [2.05, 4.69) is 5.32 Å². The smallest absolute Gasteiger partial charge is 0.124 e. The van der Waals surface area contributed by atoms with Crippen LogP contribution >= 0.6 is 0 Å². The predicted molar refractivity (Wildman–Crippen MR) is 63.8 cm³/mol. The Bertz CT molecular complexity index is 387. The Morgan fingerprint density at radius 3 is 2.76 bits per heavy atom. The first kappa shape index (κ1) is 13.6. The molecule has 0 aliphatic carbocycles. The van der Waals surface area contributed by atoms with Crippen molar-refractivity contribution in [1.29, 1.82) is 5.26 Å². The summed E-state index contributed by atoms with van der Waals surface area (Å²) in [4.78, 5) is 0. The predicted octanol–water partition coefficient (Wildman–Crippen LogP) is 1.95. The normalized spacial score (nSPS) is 10.2. The number of nitrogens with one attached hydrogen (secondary N) is 1. The second kappa shape index (κ2) is 7.77. The molecule has 0 saturated carbocycles. The standard InChI is InChI=1S/C13H17FN2O/c14-13-7-11(9-15)6-12(8-13)10-16-4-2-1-3-5-17/h6-8,16-17H,1-5,10H2. The largest absolute Gasteiger partial charge is 0.396 e. The number of hydrogen-bond donors (Lipinski definition) is 2. The van der Waals surface area contributed by atoms with Crippen LogP contribution in [0.15, 0.2) is 18.2 Å². The molecule has 0 heterocycles. The highest BCUT2D eigenvalue weighted by atomic mass is 19.1. The van der Waals surface area contributed by atoms with Gasteiger partial charge < -0.3 is 10.4 Å². The van der Waals surface area contributed by atoms with Crippen LogP contribution in [0.4, 0.5) is 4.39 Å². The molecule has 0 bridgehead atoms. The average Bonchev–Trinajstić information content (AvgIpc) is 2.33. The molecule has 0 saturated heterocycles. The van der Waals surface area contributed by atoms with Crippen LogP contribution in [-0.4, -0.2) is 18.3 Å². The maximum Gasteiger partial charge on any atom is 0.124 e. The van der Waals surface area contributed by atoms with E-state index in [0.717, 1.165) is 31.4 Å². The molecule has 0 aliphatic heterocycles. The lowest BCUT2D eigenvalue weighted by atomic mass is 10.1. The minimum atomic E-state index is -0.374. The van der Waals surface area contributed by atoms with Crippen LogP contribution in [-0.2, 0) is 6.54 Å². The van der Waals surface area contributed by atoms with Gasteiger partial charge in [-0.1, -0.05) is 0 Å². The first-order valence-electron chi connectivity index (χ1n) is 5.77. The molecule has 1 rings (SSSR count). The third kappa shape index (κ3) is 5.43. The Hall–Kier alpha value is -1.44. The van der Waals surface area contributed by atoms with Gasteiger partial charge in [-0.05, 0) is 49.6 Å². The molecule has 17 heavy (non-hydrogen) atoms. The summed E-state index contributed by atoms with van der Waals surface area (Å²) in [5.74, 6) is -0.374. The molecule has 4 heteroatoms. The van der Waals surface area contributed by atoms with E-state index in [9.17, 15) is 4.39 Å². The number of halogens is 1. The summed E-state index contributed by atoms with van der Waals surface area (Å²) in [6.07, 6.45) is 2.79. The minimum Gasteiger partial charge on any atom is -0.396 e. The second-order valence-electron chi connectivity index (χ2n) is 3.92. The van der Waals surface area contributed by atoms with Gasteiger partial charge in [0.15, 0.2) is 0 Å². The number of aliphatic hydroxyl groups is 1. The molecule has 0 aromatic heterocycles. The topological polar surface area (TPSA) is 56.0 Å². The van der Waals surface area contributed by atoms with Crippen LogP contribution in [0.1, 0.15) is 30.4 Å². The monoisotopic (exact) mass is 236 g/mol. The number of hydrogen-bond acceptors (Lipinski definition) is 3. The van der Waals surface area contributed by atoms with Crippen molar-refractivity contribution in [3.63, 3.8) is 0 Å². The van der Waals surface area contributed by atoms with Gasteiger partial charge >= 0.3 is 0 Å². The number of aliphatic hydroxyl groups excluding tert-OH is 1. The van der Waals surface area contributed by atoms with Crippen molar-refractivity contribution in [1.82, 2.24) is 5.32 Å². The van der Waals surface area contributed by atoms with Gasteiger partial charge in [-0.25, -0.2) is 4.39 Å². The zero-order valence-electron chi connectivity index (χ0n) is 9.75. The third-order valence-electron chi connectivity index (χ3n) is 2.43. The van der Waals surface area contributed by atoms with E-state index < -0.39 is 0 Å². The highest BCUT2D eigenvalue weighted by molar-refractivity contribution is 5.33. The summed E-state index contributed by atoms with van der Waals surface area (Å²) in [6.45, 7) is 1.62. The summed E-state index contributed by atoms with van der Waals surface area (Å²) in [5, 5.41) is 20.5. The van der Waals surface area contributed by atoms with E-state index in [-0.39, 0.29) is 12.4 Å². The van der Waals surface area contributed by atoms with E-state index in [1.54, 1.807) is 6.07 Å². The van der Waals surface area contributed by atoms with Crippen molar-refractivity contribution in [2.45, 2.75) is 25.8 Å². The van der Waals surface area contributed by atoms with Crippen molar-refractivity contribution in [3.05, 3.63) is 35.1 Å². The summed E-state index contributed by atoms with van der Waals surface area (Å²) in [7, 11) is 0. The fourth-order valence-corrected chi connectivity index (χ4v) is 1.59. The van der Waals surface area contributed by atoms with Crippen molar-refractivity contribution in [3.8, 4) is 6.07 Å². The molecule has 0 radical (unpaired) electrons. The fraction of sp³-hybridized carbons (Fsp3) is 0.462. The Labute approximate surface area is 101 Å². The molecular weight excluding hydrogens is 219 g/mol. The molecule has 1 aromatic rings. The molecule has 0 atom stereocenters. The molecule has 2 N–H and O–H groups in total. The van der Waals surface area contributed by atoms with Crippen LogP contribution in [0.3, 0.4) is 0 Å². The van der Waals surface area contributed by atoms with E-state index >= 15 is 0 Å². The summed E-state index contributed by atoms with van der Waals surface area (Å²) in [5.41, 5.74) is 1.13. The van der Waals surface area contributed by atoms with Gasteiger partial charge in [0.05, 0.1) is 11.6 Å². The number of nitrogens with zero attached hydrogens (tertiary/aromatic N) is 1. The quantitative estimate of drug-likeness (QED) is 0.711. The second-order valence-corrected chi connectivity index (χ2v) is 3.92. The zero-order chi connectivity index (χ0) is 12.5. The van der Waals surface area contributed by atoms with Crippen molar-refractivity contribution in [2.24, 2.45) is 0 Å². The average molecular weight is 236 g/mol. The van der Waals surface area contributed by atoms with Gasteiger partial charge in [-0.15, -0.1) is 0 Å². The van der Waals surface area contributed by atoms with Crippen LogP contribution in [0, 0.1) is 17.1 Å². The fourth-order valence-electron chi connectivity index (χ4n) is 1.59. The third-order valence-corrected chi connectivity index (χ3v) is 2.43. The lowest BCUT2D eigenvalue weighted by molar-refractivity contribution is 0.283. The summed E-state index contributed by atoms with van der Waals surface area (Å²) >= 11 is 0. The number of rotatable bonds is 7. The Balaban J connectivity index is 2.32. The molecule has 92 valence electrons. The van der Waals surface area contributed by atoms with E-state index in [1.165, 1.54) is 12.1 Å². The van der Waals surface area contributed by atoms with Gasteiger partial charge in [0.2, 0.25) is 0 Å². The molecule has 3 nitrogen and oxygen atoms in total. The van der Waals surface area contributed by atoms with Gasteiger partial charge in [0.25, 0.3) is 0 Å². The zero-order valence-corrected chi connectivity index (χ0v) is 9.75. The summed E-state index contributed by atoms with van der Waals surface area (Å²) < 4.78 is 13.1. The first-order valence-corrected chi connectivity index (χ1v) is 5.77. The van der Waals surface area contributed by atoms with Crippen LogP contribution in [0.25, 0.3) is 0 Å². The lowest BCUT2D eigenvalue weighted by Crippen LogP contribution is -2.15. The summed E-state index contributed by atoms with van der Waals surface area (Å²) in [6, 6.07) is 6.27. The maximum absolute atomic E-state index is 13.1. The number of nitriles is 1.